The summed E-state index contributed by atoms with van der Waals surface area (Å²) in [4.78, 5) is 0. The molecule has 5 nitrogen and oxygen atoms in total. The molecule has 0 spiro atoms. The van der Waals surface area contributed by atoms with E-state index < -0.39 is 30.3 Å². The Kier molecular flexibility index (Phi) is 8.28. The first-order valence-corrected chi connectivity index (χ1v) is 16.3. The van der Waals surface area contributed by atoms with Crippen molar-refractivity contribution in [3.63, 3.8) is 0 Å². The minimum absolute atomic E-state index is 0.0670. The maximum Gasteiger partial charge on any atom is 0.433 e. The summed E-state index contributed by atoms with van der Waals surface area (Å²) < 4.78 is 82.8. The van der Waals surface area contributed by atoms with Crippen molar-refractivity contribution in [2.45, 2.75) is 124 Å². The zero-order chi connectivity index (χ0) is 25.3. The zero-order valence-corrected chi connectivity index (χ0v) is 21.9. The minimum Gasteiger partial charge on any atom is -0.743 e. The van der Waals surface area contributed by atoms with Gasteiger partial charge in [-0.15, -0.1) is 0 Å². The summed E-state index contributed by atoms with van der Waals surface area (Å²) in [5.74, 6) is -0.596. The highest BCUT2D eigenvalue weighted by atomic mass is 32.3. The van der Waals surface area contributed by atoms with E-state index in [-0.39, 0.29) is 11.8 Å². The van der Waals surface area contributed by atoms with Gasteiger partial charge in [-0.05, 0) is 78.5 Å². The van der Waals surface area contributed by atoms with Crippen LogP contribution in [0.3, 0.4) is 0 Å². The molecule has 3 aliphatic carbocycles. The fourth-order valence-corrected chi connectivity index (χ4v) is 8.87. The van der Waals surface area contributed by atoms with Gasteiger partial charge in [-0.2, -0.15) is 8.78 Å². The van der Waals surface area contributed by atoms with E-state index in [1.54, 1.807) is 0 Å². The molecule has 0 atom stereocenters. The predicted octanol–water partition coefficient (Wildman–Crippen LogP) is 6.84. The van der Waals surface area contributed by atoms with Crippen LogP contribution in [0.5, 0.6) is 0 Å². The molecule has 9 heteroatoms. The molecule has 35 heavy (non-hydrogen) atoms. The molecule has 1 aromatic rings. The highest BCUT2D eigenvalue weighted by Crippen LogP contribution is 2.45. The first-order valence-electron chi connectivity index (χ1n) is 13.2. The Morgan fingerprint density at radius 1 is 0.686 bits per heavy atom. The Hall–Kier alpha value is -1.06. The third-order valence-electron chi connectivity index (χ3n) is 8.50. The van der Waals surface area contributed by atoms with Gasteiger partial charge in [0.15, 0.2) is 10.1 Å². The molecule has 198 valence electrons. The van der Waals surface area contributed by atoms with Gasteiger partial charge >= 0.3 is 4.59 Å². The van der Waals surface area contributed by atoms with E-state index in [1.165, 1.54) is 12.0 Å². The van der Waals surface area contributed by atoms with Crippen LogP contribution in [-0.2, 0) is 25.7 Å². The van der Waals surface area contributed by atoms with Gasteiger partial charge in [0.1, 0.15) is 0 Å². The van der Waals surface area contributed by atoms with E-state index in [0.29, 0.717) is 11.5 Å². The Labute approximate surface area is 208 Å². The lowest BCUT2D eigenvalue weighted by atomic mass is 9.74. The van der Waals surface area contributed by atoms with Crippen LogP contribution < -0.4 is 0 Å². The molecule has 0 aromatic heterocycles. The summed E-state index contributed by atoms with van der Waals surface area (Å²) in [5.41, 5.74) is 3.12. The van der Waals surface area contributed by atoms with Gasteiger partial charge < -0.3 is 4.55 Å². The van der Waals surface area contributed by atoms with Gasteiger partial charge in [-0.3, -0.25) is 0 Å². The van der Waals surface area contributed by atoms with Crippen LogP contribution in [-0.4, -0.2) is 26.0 Å². The van der Waals surface area contributed by atoms with Crippen molar-refractivity contribution < 1.29 is 30.2 Å². The van der Waals surface area contributed by atoms with Gasteiger partial charge in [-0.25, -0.2) is 16.8 Å². The van der Waals surface area contributed by atoms with Crippen molar-refractivity contribution >= 4 is 20.0 Å². The van der Waals surface area contributed by atoms with Gasteiger partial charge in [0.25, 0.3) is 0 Å². The third-order valence-corrected chi connectivity index (χ3v) is 11.8. The standard InChI is InChI=1S/C26H38F2O5S2/c27-26(28,35(31,32)33)34(29,30)18-25-23(20-12-6-2-7-13-20)16-22(19-10-4-1-5-11-19)17-24(25)21-14-8-3-9-15-21/h16-17,19-21H,1-15,18H2,(H,31,32,33)/p-1. The summed E-state index contributed by atoms with van der Waals surface area (Å²) in [5, 5.41) is 0. The average molecular weight is 532 g/mol. The van der Waals surface area contributed by atoms with Gasteiger partial charge in [0.2, 0.25) is 9.84 Å². The molecule has 1 aromatic carbocycles. The second-order valence-electron chi connectivity index (χ2n) is 10.9. The summed E-state index contributed by atoms with van der Waals surface area (Å²) in [6.45, 7) is 0. The molecular weight excluding hydrogens is 494 g/mol. The lowest BCUT2D eigenvalue weighted by molar-refractivity contribution is 0.164. The SMILES string of the molecule is O=S(=O)([O-])C(F)(F)S(=O)(=O)Cc1c(C2CCCCC2)cc(C2CCCCC2)cc1C1CCCCC1. The fraction of sp³-hybridized carbons (Fsp3) is 0.769. The molecule has 0 radical (unpaired) electrons. The number of hydrogen-bond acceptors (Lipinski definition) is 5. The molecule has 0 unspecified atom stereocenters. The zero-order valence-electron chi connectivity index (χ0n) is 20.3. The monoisotopic (exact) mass is 531 g/mol. The quantitative estimate of drug-likeness (QED) is 0.359. The van der Waals surface area contributed by atoms with Crippen LogP contribution in [0.25, 0.3) is 0 Å². The maximum atomic E-state index is 14.4. The highest BCUT2D eigenvalue weighted by molar-refractivity contribution is 8.07. The topological polar surface area (TPSA) is 91.3 Å². The van der Waals surface area contributed by atoms with Crippen LogP contribution in [0.2, 0.25) is 0 Å². The first-order chi connectivity index (χ1) is 16.5. The summed E-state index contributed by atoms with van der Waals surface area (Å²) in [6.07, 6.45) is 15.2. The van der Waals surface area contributed by atoms with E-state index in [2.05, 4.69) is 0 Å². The lowest BCUT2D eigenvalue weighted by Gasteiger charge is -2.33. The largest absolute Gasteiger partial charge is 0.743 e. The normalized spacial score (nSPS) is 22.4. The maximum absolute atomic E-state index is 14.4. The molecule has 0 bridgehead atoms. The fourth-order valence-electron chi connectivity index (χ4n) is 6.57. The Morgan fingerprint density at radius 2 is 1.06 bits per heavy atom. The molecular formula is C26H37F2O5S2-. The number of benzene rings is 1. The molecule has 0 N–H and O–H groups in total. The van der Waals surface area contributed by atoms with Crippen molar-refractivity contribution in [2.24, 2.45) is 0 Å². The minimum atomic E-state index is -6.35. The molecule has 3 aliphatic rings. The van der Waals surface area contributed by atoms with Gasteiger partial charge in [0.05, 0.1) is 5.75 Å². The second kappa shape index (κ2) is 10.7. The molecule has 0 amide bonds. The van der Waals surface area contributed by atoms with Crippen molar-refractivity contribution in [1.29, 1.82) is 0 Å². The number of rotatable bonds is 7. The van der Waals surface area contributed by atoms with Crippen molar-refractivity contribution in [1.82, 2.24) is 0 Å². The molecule has 0 saturated heterocycles. The lowest BCUT2D eigenvalue weighted by Crippen LogP contribution is -2.39. The highest BCUT2D eigenvalue weighted by Gasteiger charge is 2.52. The molecule has 3 saturated carbocycles. The van der Waals surface area contributed by atoms with Crippen LogP contribution in [0.15, 0.2) is 12.1 Å². The summed E-state index contributed by atoms with van der Waals surface area (Å²) >= 11 is 0. The van der Waals surface area contributed by atoms with Crippen LogP contribution >= 0.6 is 0 Å². The number of alkyl halides is 2. The molecule has 3 fully saturated rings. The van der Waals surface area contributed by atoms with E-state index in [4.69, 9.17) is 0 Å². The van der Waals surface area contributed by atoms with Crippen molar-refractivity contribution in [3.8, 4) is 0 Å². The first kappa shape index (κ1) is 27.0. The Morgan fingerprint density at radius 3 is 1.43 bits per heavy atom. The van der Waals surface area contributed by atoms with E-state index in [1.807, 2.05) is 12.1 Å². The summed E-state index contributed by atoms with van der Waals surface area (Å²) in [6, 6.07) is 4.10. The van der Waals surface area contributed by atoms with E-state index in [0.717, 1.165) is 101 Å². The number of sulfone groups is 1. The average Bonchev–Trinajstić information content (AvgIpc) is 2.85. The smallest absolute Gasteiger partial charge is 0.433 e. The number of hydrogen-bond donors (Lipinski definition) is 0. The van der Waals surface area contributed by atoms with E-state index >= 15 is 0 Å². The van der Waals surface area contributed by atoms with Crippen molar-refractivity contribution in [2.75, 3.05) is 0 Å². The van der Waals surface area contributed by atoms with Crippen LogP contribution in [0.4, 0.5) is 8.78 Å². The predicted molar refractivity (Wildman–Crippen MR) is 131 cm³/mol. The summed E-state index contributed by atoms with van der Waals surface area (Å²) in [7, 11) is -11.9. The molecule has 4 rings (SSSR count). The Bertz CT molecular complexity index is 1060. The third kappa shape index (κ3) is 5.77. The molecule has 0 aliphatic heterocycles. The second-order valence-corrected chi connectivity index (χ2v) is 14.6. The molecule has 0 heterocycles. The van der Waals surface area contributed by atoms with Crippen LogP contribution in [0.1, 0.15) is 136 Å². The van der Waals surface area contributed by atoms with Gasteiger partial charge in [-0.1, -0.05) is 69.9 Å². The van der Waals surface area contributed by atoms with E-state index in [9.17, 15) is 30.2 Å². The van der Waals surface area contributed by atoms with Crippen molar-refractivity contribution in [3.05, 3.63) is 34.4 Å². The number of halogens is 2. The van der Waals surface area contributed by atoms with Gasteiger partial charge in [0, 0.05) is 0 Å². The Balaban J connectivity index is 1.87. The van der Waals surface area contributed by atoms with Crippen LogP contribution in [0, 0.1) is 0 Å².